The topological polar surface area (TPSA) is 223 Å². The number of nitrogens with one attached hydrogen (secondary N) is 1. The molecule has 0 aromatic heterocycles. The Bertz CT molecular complexity index is 1300. The Kier molecular flexibility index (Phi) is 6.24. The van der Waals surface area contributed by atoms with Gasteiger partial charge in [0.25, 0.3) is 0 Å². The van der Waals surface area contributed by atoms with Crippen LogP contribution in [-0.4, -0.2) is 81.6 Å². The Labute approximate surface area is 210 Å². The number of primary amides is 2. The maximum absolute atomic E-state index is 13.8. The van der Waals surface area contributed by atoms with Crippen molar-refractivity contribution in [3.8, 4) is 5.75 Å². The lowest BCUT2D eigenvalue weighted by Crippen LogP contribution is -2.74. The largest absolute Gasteiger partial charge is 0.507 e. The fourth-order valence-electron chi connectivity index (χ4n) is 6.14. The van der Waals surface area contributed by atoms with Crippen LogP contribution in [0.25, 0.3) is 0 Å². The zero-order chi connectivity index (χ0) is 27.6. The molecule has 3 amide bonds. The van der Waals surface area contributed by atoms with E-state index in [0.29, 0.717) is 11.1 Å². The molecule has 3 aliphatic rings. The molecule has 1 aromatic rings. The van der Waals surface area contributed by atoms with Crippen LogP contribution >= 0.6 is 0 Å². The number of hydrazone groups is 1. The SMILES string of the molecule is CC(=NNC(N)=O)c1ccc(O)c2c1C[C@@H]1C[C@@H]3C(N(C)C)C(=O)C(C(N)=O)C(=O)[C@]3(O)C(=O)C1C2=O. The van der Waals surface area contributed by atoms with Crippen LogP contribution in [0.3, 0.4) is 0 Å². The molecule has 0 radical (unpaired) electrons. The Balaban J connectivity index is 1.86. The van der Waals surface area contributed by atoms with Gasteiger partial charge in [0.2, 0.25) is 5.91 Å². The van der Waals surface area contributed by atoms with Gasteiger partial charge in [-0.15, -0.1) is 0 Å². The summed E-state index contributed by atoms with van der Waals surface area (Å²) in [6, 6.07) is 0.637. The molecule has 6 atom stereocenters. The van der Waals surface area contributed by atoms with Crippen molar-refractivity contribution in [2.75, 3.05) is 14.1 Å². The van der Waals surface area contributed by atoms with E-state index in [1.165, 1.54) is 31.1 Å². The van der Waals surface area contributed by atoms with Crippen molar-refractivity contribution in [1.82, 2.24) is 10.3 Å². The van der Waals surface area contributed by atoms with E-state index in [4.69, 9.17) is 11.5 Å². The first-order valence-corrected chi connectivity index (χ1v) is 11.5. The lowest BCUT2D eigenvalue weighted by atomic mass is 9.52. The highest BCUT2D eigenvalue weighted by Gasteiger charge is 2.69. The summed E-state index contributed by atoms with van der Waals surface area (Å²) in [4.78, 5) is 78.3. The zero-order valence-corrected chi connectivity index (χ0v) is 20.3. The predicted molar refractivity (Wildman–Crippen MR) is 126 cm³/mol. The minimum absolute atomic E-state index is 0.0685. The third-order valence-electron chi connectivity index (χ3n) is 7.67. The number of amides is 3. The summed E-state index contributed by atoms with van der Waals surface area (Å²) in [5.74, 6) is -11.3. The van der Waals surface area contributed by atoms with Gasteiger partial charge in [0.1, 0.15) is 5.75 Å². The van der Waals surface area contributed by atoms with Gasteiger partial charge in [-0.2, -0.15) is 5.10 Å². The summed E-state index contributed by atoms with van der Waals surface area (Å²) < 4.78 is 0. The van der Waals surface area contributed by atoms with Gasteiger partial charge in [0.05, 0.1) is 23.2 Å². The summed E-state index contributed by atoms with van der Waals surface area (Å²) in [6.45, 7) is 1.55. The Hall–Kier alpha value is -3.97. The van der Waals surface area contributed by atoms with Gasteiger partial charge < -0.3 is 21.7 Å². The van der Waals surface area contributed by atoms with Gasteiger partial charge in [-0.05, 0) is 57.5 Å². The molecule has 196 valence electrons. The third kappa shape index (κ3) is 3.73. The molecule has 0 spiro atoms. The van der Waals surface area contributed by atoms with Crippen LogP contribution in [-0.2, 0) is 25.6 Å². The molecule has 4 rings (SSSR count). The van der Waals surface area contributed by atoms with E-state index >= 15 is 0 Å². The van der Waals surface area contributed by atoms with Crippen LogP contribution in [0, 0.1) is 23.7 Å². The molecule has 0 bridgehead atoms. The van der Waals surface area contributed by atoms with E-state index in [1.807, 2.05) is 0 Å². The number of likely N-dealkylation sites (N-methyl/N-ethyl adjacent to an activating group) is 1. The Morgan fingerprint density at radius 3 is 2.35 bits per heavy atom. The molecule has 2 fully saturated rings. The molecular weight excluding hydrogens is 486 g/mol. The maximum atomic E-state index is 13.8. The third-order valence-corrected chi connectivity index (χ3v) is 7.67. The maximum Gasteiger partial charge on any atom is 0.332 e. The van der Waals surface area contributed by atoms with Crippen molar-refractivity contribution in [2.45, 2.75) is 31.4 Å². The highest BCUT2D eigenvalue weighted by Crippen LogP contribution is 2.51. The number of nitrogens with zero attached hydrogens (tertiary/aromatic N) is 2. The van der Waals surface area contributed by atoms with Crippen LogP contribution in [0.15, 0.2) is 17.2 Å². The normalized spacial score (nSPS) is 31.5. The molecule has 0 saturated heterocycles. The number of carbonyl (C=O) groups excluding carboxylic acids is 6. The number of phenolic OH excluding ortho intramolecular Hbond substituents is 1. The molecular formula is C24H27N5O8. The van der Waals surface area contributed by atoms with Crippen molar-refractivity contribution in [3.63, 3.8) is 0 Å². The van der Waals surface area contributed by atoms with E-state index in [0.717, 1.165) is 0 Å². The van der Waals surface area contributed by atoms with Gasteiger partial charge in [0, 0.05) is 11.5 Å². The summed E-state index contributed by atoms with van der Waals surface area (Å²) in [7, 11) is 3.02. The Morgan fingerprint density at radius 2 is 1.78 bits per heavy atom. The first-order valence-electron chi connectivity index (χ1n) is 11.5. The first kappa shape index (κ1) is 26.1. The van der Waals surface area contributed by atoms with E-state index in [1.54, 1.807) is 6.92 Å². The van der Waals surface area contributed by atoms with Crippen molar-refractivity contribution in [2.24, 2.45) is 40.2 Å². The van der Waals surface area contributed by atoms with E-state index in [9.17, 15) is 39.0 Å². The van der Waals surface area contributed by atoms with Crippen molar-refractivity contribution in [1.29, 1.82) is 0 Å². The van der Waals surface area contributed by atoms with Crippen LogP contribution in [0.2, 0.25) is 0 Å². The minimum atomic E-state index is -2.78. The van der Waals surface area contributed by atoms with E-state index < -0.39 is 76.1 Å². The summed E-state index contributed by atoms with van der Waals surface area (Å²) in [5.41, 5.74) is 10.6. The van der Waals surface area contributed by atoms with Gasteiger partial charge in [-0.1, -0.05) is 0 Å². The molecule has 2 saturated carbocycles. The number of Topliss-reactive ketones (excluding diaryl/α,β-unsaturated/α-hetero) is 4. The summed E-state index contributed by atoms with van der Waals surface area (Å²) in [6.07, 6.45) is -0.00623. The first-order chi connectivity index (χ1) is 17.2. The number of hydrogen-bond donors (Lipinski definition) is 5. The number of nitrogens with two attached hydrogens (primary N) is 2. The van der Waals surface area contributed by atoms with Crippen LogP contribution in [0.5, 0.6) is 5.75 Å². The van der Waals surface area contributed by atoms with Gasteiger partial charge in [-0.25, -0.2) is 10.2 Å². The average molecular weight is 514 g/mol. The number of fused-ring (bicyclic) bond motifs is 3. The monoisotopic (exact) mass is 513 g/mol. The molecule has 0 heterocycles. The number of aliphatic hydroxyl groups is 1. The van der Waals surface area contributed by atoms with Crippen molar-refractivity contribution in [3.05, 3.63) is 28.8 Å². The zero-order valence-electron chi connectivity index (χ0n) is 20.3. The number of carbonyl (C=O) groups is 6. The number of phenols is 1. The molecule has 13 heteroatoms. The van der Waals surface area contributed by atoms with Crippen molar-refractivity contribution >= 4 is 40.8 Å². The fourth-order valence-corrected chi connectivity index (χ4v) is 6.14. The van der Waals surface area contributed by atoms with Crippen LogP contribution in [0.4, 0.5) is 4.79 Å². The second kappa shape index (κ2) is 8.85. The second-order valence-electron chi connectivity index (χ2n) is 9.95. The lowest BCUT2D eigenvalue weighted by molar-refractivity contribution is -0.181. The van der Waals surface area contributed by atoms with Gasteiger partial charge >= 0.3 is 6.03 Å². The van der Waals surface area contributed by atoms with Gasteiger partial charge in [0.15, 0.2) is 34.7 Å². The standard InChI is InChI=1S/C24H27N5O8/c1-8(27-28-23(26)36)10-4-5-13(30)15-11(10)6-9-7-12-17(29(2)3)19(32)16(22(25)35)21(34)24(12,37)20(33)14(9)18(15)31/h4-5,9,12,14,16-17,30,37H,6-7H2,1-3H3,(H2,25,35)(H3,26,28,36)/t9-,12-,14?,16?,17?,24-/m1/s1. The number of urea groups is 1. The van der Waals surface area contributed by atoms with Crippen LogP contribution in [0.1, 0.15) is 34.8 Å². The predicted octanol–water partition coefficient (Wildman–Crippen LogP) is -1.74. The van der Waals surface area contributed by atoms with Gasteiger partial charge in [-0.3, -0.25) is 28.9 Å². The number of rotatable bonds is 4. The second-order valence-corrected chi connectivity index (χ2v) is 9.95. The molecule has 0 aliphatic heterocycles. The van der Waals surface area contributed by atoms with Crippen molar-refractivity contribution < 1.29 is 39.0 Å². The highest BCUT2D eigenvalue weighted by molar-refractivity contribution is 6.32. The number of ketones is 4. The molecule has 1 aromatic carbocycles. The molecule has 7 N–H and O–H groups in total. The molecule has 3 aliphatic carbocycles. The summed E-state index contributed by atoms with van der Waals surface area (Å²) in [5, 5.41) is 26.0. The lowest BCUT2D eigenvalue weighted by Gasteiger charge is -2.52. The number of aromatic hydroxyl groups is 1. The molecule has 13 nitrogen and oxygen atoms in total. The number of hydrogen-bond acceptors (Lipinski definition) is 10. The smallest absolute Gasteiger partial charge is 0.332 e. The fraction of sp³-hybridized carbons (Fsp3) is 0.458. The van der Waals surface area contributed by atoms with E-state index in [2.05, 4.69) is 10.5 Å². The Morgan fingerprint density at radius 1 is 1.14 bits per heavy atom. The molecule has 37 heavy (non-hydrogen) atoms. The number of benzene rings is 1. The minimum Gasteiger partial charge on any atom is -0.507 e. The average Bonchev–Trinajstić information content (AvgIpc) is 2.79. The molecule has 3 unspecified atom stereocenters. The quantitative estimate of drug-likeness (QED) is 0.175. The van der Waals surface area contributed by atoms with E-state index in [-0.39, 0.29) is 24.1 Å². The highest BCUT2D eigenvalue weighted by atomic mass is 16.3. The van der Waals surface area contributed by atoms with Crippen LogP contribution < -0.4 is 16.9 Å². The summed E-state index contributed by atoms with van der Waals surface area (Å²) >= 11 is 0.